The molecule has 130 valence electrons. The number of hydrogen-bond acceptors (Lipinski definition) is 3. The summed E-state index contributed by atoms with van der Waals surface area (Å²) in [5, 5.41) is 2.20. The Morgan fingerprint density at radius 3 is 2.36 bits per heavy atom. The Kier molecular flexibility index (Phi) is 5.71. The summed E-state index contributed by atoms with van der Waals surface area (Å²) in [6.45, 7) is 7.94. The van der Waals surface area contributed by atoms with Gasteiger partial charge in [0.15, 0.2) is 4.80 Å². The summed E-state index contributed by atoms with van der Waals surface area (Å²) in [5.74, 6) is 0.884. The fourth-order valence-electron chi connectivity index (χ4n) is 2.71. The van der Waals surface area contributed by atoms with Crippen molar-refractivity contribution in [2.75, 3.05) is 6.61 Å². The maximum absolute atomic E-state index is 5.50. The molecule has 25 heavy (non-hydrogen) atoms. The fourth-order valence-corrected chi connectivity index (χ4v) is 3.66. The van der Waals surface area contributed by atoms with Gasteiger partial charge in [-0.2, -0.15) is 0 Å². The van der Waals surface area contributed by atoms with Gasteiger partial charge in [-0.15, -0.1) is 11.3 Å². The summed E-state index contributed by atoms with van der Waals surface area (Å²) >= 11 is 1.69. The van der Waals surface area contributed by atoms with Gasteiger partial charge >= 0.3 is 0 Å². The Balaban J connectivity index is 1.99. The van der Waals surface area contributed by atoms with Crippen molar-refractivity contribution < 1.29 is 4.74 Å². The molecule has 0 saturated heterocycles. The van der Waals surface area contributed by atoms with E-state index in [1.54, 1.807) is 11.3 Å². The van der Waals surface area contributed by atoms with Crippen molar-refractivity contribution in [1.82, 2.24) is 4.57 Å². The van der Waals surface area contributed by atoms with Gasteiger partial charge in [-0.1, -0.05) is 36.8 Å². The first-order valence-corrected chi connectivity index (χ1v) is 9.62. The summed E-state index contributed by atoms with van der Waals surface area (Å²) in [6, 6.07) is 16.6. The number of aromatic nitrogens is 1. The number of nitrogens with zero attached hydrogens (tertiary/aromatic N) is 2. The minimum absolute atomic E-state index is 0.678. The maximum atomic E-state index is 5.50. The van der Waals surface area contributed by atoms with E-state index in [1.165, 1.54) is 16.8 Å². The molecule has 0 aliphatic rings. The Hall–Kier alpha value is -2.33. The second-order valence-electron chi connectivity index (χ2n) is 5.96. The Bertz CT molecular complexity index is 874. The molecule has 2 aromatic carbocycles. The SMILES string of the molecule is CCCn1c(-c2ccc(C)cc2)csc1=Nc1ccc(OCC)cc1. The smallest absolute Gasteiger partial charge is 0.190 e. The minimum atomic E-state index is 0.678. The molecule has 0 radical (unpaired) electrons. The van der Waals surface area contributed by atoms with E-state index in [1.807, 2.05) is 31.2 Å². The molecule has 0 amide bonds. The van der Waals surface area contributed by atoms with Crippen molar-refractivity contribution in [2.24, 2.45) is 4.99 Å². The summed E-state index contributed by atoms with van der Waals surface area (Å²) in [7, 11) is 0. The molecular formula is C21H24N2OS. The van der Waals surface area contributed by atoms with Gasteiger partial charge in [0.2, 0.25) is 0 Å². The van der Waals surface area contributed by atoms with Crippen LogP contribution in [-0.2, 0) is 6.54 Å². The van der Waals surface area contributed by atoms with Gasteiger partial charge in [0.1, 0.15) is 5.75 Å². The second-order valence-corrected chi connectivity index (χ2v) is 6.80. The first-order chi connectivity index (χ1) is 12.2. The lowest BCUT2D eigenvalue weighted by atomic mass is 10.1. The molecule has 4 heteroatoms. The Morgan fingerprint density at radius 2 is 1.72 bits per heavy atom. The number of ether oxygens (including phenoxy) is 1. The standard InChI is InChI=1S/C21H24N2OS/c1-4-14-23-20(17-8-6-16(3)7-9-17)15-25-21(23)22-18-10-12-19(13-11-18)24-5-2/h6-13,15H,4-5,14H2,1-3H3. The van der Waals surface area contributed by atoms with Crippen LogP contribution in [-0.4, -0.2) is 11.2 Å². The molecule has 0 N–H and O–H groups in total. The van der Waals surface area contributed by atoms with E-state index in [-0.39, 0.29) is 0 Å². The third kappa shape index (κ3) is 4.20. The van der Waals surface area contributed by atoms with Crippen LogP contribution >= 0.6 is 11.3 Å². The Morgan fingerprint density at radius 1 is 1.00 bits per heavy atom. The average molecular weight is 353 g/mol. The highest BCUT2D eigenvalue weighted by molar-refractivity contribution is 7.07. The van der Waals surface area contributed by atoms with Crippen LogP contribution in [0.3, 0.4) is 0 Å². The molecular weight excluding hydrogens is 328 g/mol. The molecule has 0 aliphatic carbocycles. The third-order valence-corrected chi connectivity index (χ3v) is 4.83. The predicted octanol–water partition coefficient (Wildman–Crippen LogP) is 5.57. The first-order valence-electron chi connectivity index (χ1n) is 8.74. The molecule has 3 nitrogen and oxygen atoms in total. The lowest BCUT2D eigenvalue weighted by Gasteiger charge is -2.08. The van der Waals surface area contributed by atoms with E-state index in [9.17, 15) is 0 Å². The van der Waals surface area contributed by atoms with Crippen molar-refractivity contribution in [2.45, 2.75) is 33.7 Å². The first kappa shape index (κ1) is 17.5. The van der Waals surface area contributed by atoms with Crippen molar-refractivity contribution in [3.8, 4) is 17.0 Å². The lowest BCUT2D eigenvalue weighted by Crippen LogP contribution is -2.15. The number of benzene rings is 2. The second kappa shape index (κ2) is 8.17. The van der Waals surface area contributed by atoms with E-state index in [2.05, 4.69) is 48.1 Å². The van der Waals surface area contributed by atoms with Crippen LogP contribution in [0.1, 0.15) is 25.8 Å². The van der Waals surface area contributed by atoms with E-state index in [0.717, 1.165) is 29.2 Å². The molecule has 3 aromatic rings. The van der Waals surface area contributed by atoms with Gasteiger partial charge in [0.25, 0.3) is 0 Å². The van der Waals surface area contributed by atoms with E-state index >= 15 is 0 Å². The lowest BCUT2D eigenvalue weighted by molar-refractivity contribution is 0.340. The topological polar surface area (TPSA) is 26.5 Å². The summed E-state index contributed by atoms with van der Waals surface area (Å²) in [5.41, 5.74) is 4.70. The van der Waals surface area contributed by atoms with Gasteiger partial charge in [-0.3, -0.25) is 0 Å². The molecule has 0 unspecified atom stereocenters. The van der Waals surface area contributed by atoms with Crippen LogP contribution in [0.2, 0.25) is 0 Å². The molecule has 0 saturated carbocycles. The monoisotopic (exact) mass is 352 g/mol. The summed E-state index contributed by atoms with van der Waals surface area (Å²) < 4.78 is 7.81. The van der Waals surface area contributed by atoms with E-state index < -0.39 is 0 Å². The number of hydrogen-bond donors (Lipinski definition) is 0. The van der Waals surface area contributed by atoms with Crippen molar-refractivity contribution >= 4 is 17.0 Å². The van der Waals surface area contributed by atoms with Gasteiger partial charge < -0.3 is 9.30 Å². The molecule has 0 spiro atoms. The Labute approximate surface area is 153 Å². The molecule has 0 atom stereocenters. The zero-order valence-electron chi connectivity index (χ0n) is 15.0. The third-order valence-electron chi connectivity index (χ3n) is 3.96. The maximum Gasteiger partial charge on any atom is 0.190 e. The van der Waals surface area contributed by atoms with Gasteiger partial charge in [-0.25, -0.2) is 4.99 Å². The van der Waals surface area contributed by atoms with Crippen LogP contribution in [0.5, 0.6) is 5.75 Å². The van der Waals surface area contributed by atoms with Crippen LogP contribution in [0, 0.1) is 6.92 Å². The predicted molar refractivity (Wildman–Crippen MR) is 106 cm³/mol. The van der Waals surface area contributed by atoms with Gasteiger partial charge in [-0.05, 0) is 50.1 Å². The number of aryl methyl sites for hydroxylation is 1. The molecule has 0 aliphatic heterocycles. The summed E-state index contributed by atoms with van der Waals surface area (Å²) in [6.07, 6.45) is 1.08. The van der Waals surface area contributed by atoms with Gasteiger partial charge in [0, 0.05) is 11.9 Å². The fraction of sp³-hybridized carbons (Fsp3) is 0.286. The van der Waals surface area contributed by atoms with Crippen LogP contribution in [0.25, 0.3) is 11.3 Å². The minimum Gasteiger partial charge on any atom is -0.494 e. The molecule has 3 rings (SSSR count). The summed E-state index contributed by atoms with van der Waals surface area (Å²) in [4.78, 5) is 5.88. The van der Waals surface area contributed by atoms with Gasteiger partial charge in [0.05, 0.1) is 18.0 Å². The van der Waals surface area contributed by atoms with E-state index in [4.69, 9.17) is 9.73 Å². The highest BCUT2D eigenvalue weighted by atomic mass is 32.1. The van der Waals surface area contributed by atoms with Crippen molar-refractivity contribution in [3.63, 3.8) is 0 Å². The average Bonchev–Trinajstić information content (AvgIpc) is 3.01. The zero-order chi connectivity index (χ0) is 17.6. The molecule has 1 aromatic heterocycles. The van der Waals surface area contributed by atoms with Crippen LogP contribution < -0.4 is 9.54 Å². The van der Waals surface area contributed by atoms with Crippen LogP contribution in [0.15, 0.2) is 58.9 Å². The highest BCUT2D eigenvalue weighted by Gasteiger charge is 2.07. The zero-order valence-corrected chi connectivity index (χ0v) is 15.8. The highest BCUT2D eigenvalue weighted by Crippen LogP contribution is 2.22. The molecule has 0 fully saturated rings. The normalized spacial score (nSPS) is 11.7. The van der Waals surface area contributed by atoms with Crippen LogP contribution in [0.4, 0.5) is 5.69 Å². The number of rotatable bonds is 6. The van der Waals surface area contributed by atoms with Crippen molar-refractivity contribution in [1.29, 1.82) is 0 Å². The quantitative estimate of drug-likeness (QED) is 0.570. The van der Waals surface area contributed by atoms with E-state index in [0.29, 0.717) is 6.61 Å². The van der Waals surface area contributed by atoms with Crippen molar-refractivity contribution in [3.05, 3.63) is 64.3 Å². The molecule has 1 heterocycles. The molecule has 0 bridgehead atoms. The largest absolute Gasteiger partial charge is 0.494 e. The number of thiazole rings is 1.